The number of carbonyl (C=O) groups is 3. The largest absolute Gasteiger partial charge is 0.345 e. The molecule has 31 heavy (non-hydrogen) atoms. The molecule has 0 spiro atoms. The standard InChI is InChI=1S/C7H14N2O.C5H10N2O.C4H7NO.C3H7NO2S/c1-3-4-9-6-5-8(2)7(9)10;1-6-3-4-7(2)5(6)8;1-5-3-2-4(5)6;1-4-2-3-7(4,5)6/h3-6H2,1-2H3;3-4H2,1-2H3;2-3H2,1H3;2-3H2,1H3. The lowest BCUT2D eigenvalue weighted by molar-refractivity contribution is -0.137. The molecule has 4 rings (SSSR count). The second-order valence-corrected chi connectivity index (χ2v) is 10.2. The number of sulfonamides is 1. The predicted octanol–water partition coefficient (Wildman–Crippen LogP) is -0.142. The van der Waals surface area contributed by atoms with Crippen molar-refractivity contribution in [3.05, 3.63) is 0 Å². The fraction of sp³-hybridized carbons (Fsp3) is 0.842. The lowest BCUT2D eigenvalue weighted by Gasteiger charge is -2.25. The molecular formula is C19H38N6O5S. The van der Waals surface area contributed by atoms with Crippen LogP contribution in [-0.4, -0.2) is 142 Å². The molecule has 4 aliphatic rings. The van der Waals surface area contributed by atoms with Crippen LogP contribution in [0.15, 0.2) is 0 Å². The highest BCUT2D eigenvalue weighted by atomic mass is 32.2. The maximum absolute atomic E-state index is 11.1. The quantitative estimate of drug-likeness (QED) is 0.531. The van der Waals surface area contributed by atoms with Crippen LogP contribution in [0.5, 0.6) is 0 Å². The maximum atomic E-state index is 11.1. The van der Waals surface area contributed by atoms with Crippen LogP contribution >= 0.6 is 0 Å². The summed E-state index contributed by atoms with van der Waals surface area (Å²) in [5.74, 6) is 0.610. The van der Waals surface area contributed by atoms with Crippen LogP contribution in [0.25, 0.3) is 0 Å². The maximum Gasteiger partial charge on any atom is 0.319 e. The van der Waals surface area contributed by atoms with E-state index >= 15 is 0 Å². The summed E-state index contributed by atoms with van der Waals surface area (Å²) >= 11 is 0. The van der Waals surface area contributed by atoms with Crippen LogP contribution < -0.4 is 0 Å². The van der Waals surface area contributed by atoms with Gasteiger partial charge in [-0.05, 0) is 6.42 Å². The van der Waals surface area contributed by atoms with Gasteiger partial charge in [0.2, 0.25) is 15.9 Å². The SMILES string of the molecule is CCCN1CCN(C)C1=O.CN1CCC1=O.CN1CCN(C)C1=O.CN1CCS1(=O)=O. The zero-order valence-electron chi connectivity index (χ0n) is 19.7. The van der Waals surface area contributed by atoms with Crippen molar-refractivity contribution in [1.82, 2.24) is 28.8 Å². The summed E-state index contributed by atoms with van der Waals surface area (Å²) < 4.78 is 22.0. The monoisotopic (exact) mass is 462 g/mol. The van der Waals surface area contributed by atoms with E-state index in [0.717, 1.165) is 52.1 Å². The zero-order chi connectivity index (χ0) is 23.8. The van der Waals surface area contributed by atoms with E-state index in [1.54, 1.807) is 26.6 Å². The summed E-state index contributed by atoms with van der Waals surface area (Å²) in [4.78, 5) is 40.8. The third-order valence-corrected chi connectivity index (χ3v) is 7.28. The highest BCUT2D eigenvalue weighted by Gasteiger charge is 2.27. The minimum absolute atomic E-state index is 0.130. The van der Waals surface area contributed by atoms with E-state index in [0.29, 0.717) is 12.3 Å². The molecule has 5 amide bonds. The Hall–Kier alpha value is -2.08. The number of urea groups is 2. The average Bonchev–Trinajstić information content (AvgIpc) is 3.23. The Labute approximate surface area is 186 Å². The molecule has 0 N–H and O–H groups in total. The second-order valence-electron chi connectivity index (χ2n) is 8.02. The lowest BCUT2D eigenvalue weighted by Crippen LogP contribution is -2.44. The van der Waals surface area contributed by atoms with E-state index in [9.17, 15) is 22.8 Å². The average molecular weight is 463 g/mol. The number of hydrogen-bond acceptors (Lipinski definition) is 5. The van der Waals surface area contributed by atoms with Gasteiger partial charge in [0.1, 0.15) is 0 Å². The third-order valence-electron chi connectivity index (χ3n) is 5.45. The van der Waals surface area contributed by atoms with Crippen molar-refractivity contribution in [1.29, 1.82) is 0 Å². The topological polar surface area (TPSA) is 105 Å². The van der Waals surface area contributed by atoms with Gasteiger partial charge < -0.3 is 24.5 Å². The van der Waals surface area contributed by atoms with Crippen LogP contribution in [0.1, 0.15) is 19.8 Å². The van der Waals surface area contributed by atoms with Crippen molar-refractivity contribution in [2.24, 2.45) is 0 Å². The smallest absolute Gasteiger partial charge is 0.319 e. The molecular weight excluding hydrogens is 424 g/mol. The number of likely N-dealkylation sites (tertiary alicyclic amines) is 1. The van der Waals surface area contributed by atoms with E-state index in [2.05, 4.69) is 6.92 Å². The Kier molecular flexibility index (Phi) is 10.5. The molecule has 12 heteroatoms. The Morgan fingerprint density at radius 3 is 1.32 bits per heavy atom. The molecule has 180 valence electrons. The fourth-order valence-electron chi connectivity index (χ4n) is 2.81. The molecule has 0 aromatic rings. The molecule has 0 unspecified atom stereocenters. The van der Waals surface area contributed by atoms with Gasteiger partial charge in [-0.15, -0.1) is 0 Å². The number of nitrogens with zero attached hydrogens (tertiary/aromatic N) is 6. The van der Waals surface area contributed by atoms with Gasteiger partial charge in [0.15, 0.2) is 0 Å². The van der Waals surface area contributed by atoms with Gasteiger partial charge in [-0.3, -0.25) is 4.79 Å². The summed E-state index contributed by atoms with van der Waals surface area (Å²) in [5.41, 5.74) is 0. The molecule has 0 aromatic carbocycles. The van der Waals surface area contributed by atoms with Crippen LogP contribution in [0.4, 0.5) is 9.59 Å². The molecule has 0 aromatic heterocycles. The van der Waals surface area contributed by atoms with Crippen molar-refractivity contribution in [3.8, 4) is 0 Å². The Bertz CT molecular complexity index is 717. The Morgan fingerprint density at radius 2 is 1.16 bits per heavy atom. The molecule has 0 radical (unpaired) electrons. The Morgan fingerprint density at radius 1 is 0.710 bits per heavy atom. The summed E-state index contributed by atoms with van der Waals surface area (Å²) in [6, 6.07) is 0.312. The molecule has 4 fully saturated rings. The van der Waals surface area contributed by atoms with Crippen molar-refractivity contribution < 1.29 is 22.8 Å². The van der Waals surface area contributed by atoms with E-state index < -0.39 is 10.0 Å². The van der Waals surface area contributed by atoms with Gasteiger partial charge in [0.05, 0.1) is 5.75 Å². The molecule has 0 atom stereocenters. The van der Waals surface area contributed by atoms with Crippen molar-refractivity contribution in [2.75, 3.05) is 86.8 Å². The first-order valence-electron chi connectivity index (χ1n) is 10.5. The number of amides is 5. The van der Waals surface area contributed by atoms with Gasteiger partial charge in [0, 0.05) is 87.5 Å². The van der Waals surface area contributed by atoms with E-state index in [1.807, 2.05) is 33.1 Å². The van der Waals surface area contributed by atoms with E-state index in [1.165, 1.54) is 4.31 Å². The van der Waals surface area contributed by atoms with Crippen molar-refractivity contribution in [2.45, 2.75) is 19.8 Å². The van der Waals surface area contributed by atoms with E-state index in [4.69, 9.17) is 0 Å². The van der Waals surface area contributed by atoms with Crippen LogP contribution in [0, 0.1) is 0 Å². The first kappa shape index (κ1) is 27.0. The van der Waals surface area contributed by atoms with Crippen LogP contribution in [0.2, 0.25) is 0 Å². The number of β-lactam (4-membered cyclic amide) rings is 1. The second kappa shape index (κ2) is 12.1. The molecule has 4 saturated heterocycles. The number of likely N-dealkylation sites (N-methyl/N-ethyl adjacent to an activating group) is 3. The minimum atomic E-state index is -2.73. The predicted molar refractivity (Wildman–Crippen MR) is 119 cm³/mol. The molecule has 4 aliphatic heterocycles. The zero-order valence-corrected chi connectivity index (χ0v) is 20.5. The van der Waals surface area contributed by atoms with Gasteiger partial charge in [-0.25, -0.2) is 22.3 Å². The summed E-state index contributed by atoms with van der Waals surface area (Å²) in [6.45, 7) is 8.18. The summed E-state index contributed by atoms with van der Waals surface area (Å²) in [5, 5.41) is 0. The Balaban J connectivity index is 0.000000210. The minimum Gasteiger partial charge on any atom is -0.345 e. The fourth-order valence-corrected chi connectivity index (χ4v) is 3.66. The summed E-state index contributed by atoms with van der Waals surface area (Å²) in [7, 11) is 6.13. The van der Waals surface area contributed by atoms with Gasteiger partial charge in [-0.1, -0.05) is 6.92 Å². The number of rotatable bonds is 2. The van der Waals surface area contributed by atoms with Crippen LogP contribution in [0.3, 0.4) is 0 Å². The first-order chi connectivity index (χ1) is 14.4. The first-order valence-corrected chi connectivity index (χ1v) is 12.2. The van der Waals surface area contributed by atoms with Crippen molar-refractivity contribution in [3.63, 3.8) is 0 Å². The molecule has 11 nitrogen and oxygen atoms in total. The number of carbonyl (C=O) groups excluding carboxylic acids is 3. The highest BCUT2D eigenvalue weighted by molar-refractivity contribution is 7.90. The molecule has 0 bridgehead atoms. The normalized spacial score (nSPS) is 22.0. The highest BCUT2D eigenvalue weighted by Crippen LogP contribution is 2.07. The van der Waals surface area contributed by atoms with Gasteiger partial charge >= 0.3 is 12.1 Å². The van der Waals surface area contributed by atoms with Crippen LogP contribution in [-0.2, 0) is 14.8 Å². The van der Waals surface area contributed by atoms with Gasteiger partial charge in [-0.2, -0.15) is 0 Å². The molecule has 4 heterocycles. The van der Waals surface area contributed by atoms with E-state index in [-0.39, 0.29) is 18.0 Å². The molecule has 0 saturated carbocycles. The molecule has 0 aliphatic carbocycles. The lowest BCUT2D eigenvalue weighted by atomic mass is 10.2. The van der Waals surface area contributed by atoms with Crippen molar-refractivity contribution >= 4 is 28.0 Å². The number of hydrogen-bond donors (Lipinski definition) is 0. The van der Waals surface area contributed by atoms with Gasteiger partial charge in [0.25, 0.3) is 0 Å². The third kappa shape index (κ3) is 8.17. The summed E-state index contributed by atoms with van der Waals surface area (Å²) in [6.07, 6.45) is 1.82.